The second-order valence-corrected chi connectivity index (χ2v) is 5.65. The Labute approximate surface area is 115 Å². The van der Waals surface area contributed by atoms with Gasteiger partial charge in [0.15, 0.2) is 0 Å². The van der Waals surface area contributed by atoms with E-state index in [1.54, 1.807) is 22.7 Å². The fraction of sp³-hybridized carbons (Fsp3) is 0.286. The van der Waals surface area contributed by atoms with E-state index in [0.29, 0.717) is 12.3 Å². The summed E-state index contributed by atoms with van der Waals surface area (Å²) in [4.78, 5) is 26.2. The quantitative estimate of drug-likeness (QED) is 0.851. The molecule has 4 nitrogen and oxygen atoms in total. The number of rotatable bonds is 3. The number of carbonyl (C=O) groups excluding carboxylic acids is 2. The Kier molecular flexibility index (Phi) is 3.06. The number of thioether (sulfide) groups is 1. The molecule has 5 heteroatoms. The normalized spacial score (nSPS) is 24.0. The van der Waals surface area contributed by atoms with E-state index in [9.17, 15) is 9.59 Å². The Morgan fingerprint density at radius 2 is 2.32 bits per heavy atom. The zero-order chi connectivity index (χ0) is 13.4. The first-order chi connectivity index (χ1) is 9.24. The third-order valence-electron chi connectivity index (χ3n) is 3.42. The Morgan fingerprint density at radius 1 is 1.53 bits per heavy atom. The molecular weight excluding hydrogens is 260 g/mol. The van der Waals surface area contributed by atoms with Gasteiger partial charge >= 0.3 is 0 Å². The monoisotopic (exact) mass is 274 g/mol. The second kappa shape index (κ2) is 4.74. The molecule has 2 heterocycles. The van der Waals surface area contributed by atoms with Gasteiger partial charge in [0, 0.05) is 17.9 Å². The zero-order valence-corrected chi connectivity index (χ0v) is 11.2. The van der Waals surface area contributed by atoms with Crippen molar-refractivity contribution < 1.29 is 9.59 Å². The highest BCUT2D eigenvalue weighted by molar-refractivity contribution is 7.99. The van der Waals surface area contributed by atoms with Crippen LogP contribution in [0.25, 0.3) is 0 Å². The van der Waals surface area contributed by atoms with Crippen LogP contribution in [0.15, 0.2) is 36.9 Å². The van der Waals surface area contributed by atoms with Gasteiger partial charge in [-0.3, -0.25) is 9.59 Å². The van der Waals surface area contributed by atoms with Gasteiger partial charge in [-0.1, -0.05) is 24.3 Å². The lowest BCUT2D eigenvalue weighted by molar-refractivity contribution is -0.124. The van der Waals surface area contributed by atoms with E-state index in [1.807, 2.05) is 24.3 Å². The maximum atomic E-state index is 12.4. The lowest BCUT2D eigenvalue weighted by Gasteiger charge is -2.22. The third kappa shape index (κ3) is 1.85. The first kappa shape index (κ1) is 12.3. The summed E-state index contributed by atoms with van der Waals surface area (Å²) in [7, 11) is 0. The number of nitrogens with one attached hydrogen (secondary N) is 1. The second-order valence-electron chi connectivity index (χ2n) is 4.53. The van der Waals surface area contributed by atoms with Crippen molar-refractivity contribution in [3.63, 3.8) is 0 Å². The summed E-state index contributed by atoms with van der Waals surface area (Å²) < 4.78 is 0. The molecular formula is C14H14N2O2S. The summed E-state index contributed by atoms with van der Waals surface area (Å²) in [6, 6.07) is 7.21. The number of hydrogen-bond donors (Lipinski definition) is 1. The summed E-state index contributed by atoms with van der Waals surface area (Å²) in [5, 5.41) is 2.76. The van der Waals surface area contributed by atoms with Gasteiger partial charge in [-0.05, 0) is 11.6 Å². The number of hydrogen-bond acceptors (Lipinski definition) is 3. The largest absolute Gasteiger partial charge is 0.351 e. The summed E-state index contributed by atoms with van der Waals surface area (Å²) in [6.45, 7) is 4.00. The van der Waals surface area contributed by atoms with Crippen molar-refractivity contribution >= 4 is 23.6 Å². The SMILES string of the molecule is C=CCNC(=O)[C@H]1CS[C@@H]2c3ccccc3C(=O)N12. The van der Waals surface area contributed by atoms with Gasteiger partial charge in [-0.2, -0.15) is 0 Å². The maximum Gasteiger partial charge on any atom is 0.256 e. The van der Waals surface area contributed by atoms with Crippen molar-refractivity contribution in [3.05, 3.63) is 48.0 Å². The van der Waals surface area contributed by atoms with Gasteiger partial charge in [0.05, 0.1) is 0 Å². The molecule has 2 amide bonds. The molecule has 1 saturated heterocycles. The van der Waals surface area contributed by atoms with Crippen LogP contribution in [-0.4, -0.2) is 35.1 Å². The summed E-state index contributed by atoms with van der Waals surface area (Å²) >= 11 is 1.65. The predicted octanol–water partition coefficient (Wildman–Crippen LogP) is 1.56. The smallest absolute Gasteiger partial charge is 0.256 e. The topological polar surface area (TPSA) is 49.4 Å². The molecule has 98 valence electrons. The molecule has 0 aromatic heterocycles. The van der Waals surface area contributed by atoms with Crippen LogP contribution in [0.1, 0.15) is 21.3 Å². The van der Waals surface area contributed by atoms with E-state index in [2.05, 4.69) is 11.9 Å². The van der Waals surface area contributed by atoms with Crippen LogP contribution < -0.4 is 5.32 Å². The maximum absolute atomic E-state index is 12.4. The number of amides is 2. The molecule has 3 rings (SSSR count). The molecule has 0 unspecified atom stereocenters. The average molecular weight is 274 g/mol. The molecule has 2 aliphatic heterocycles. The Balaban J connectivity index is 1.86. The molecule has 1 aromatic rings. The minimum Gasteiger partial charge on any atom is -0.351 e. The van der Waals surface area contributed by atoms with E-state index >= 15 is 0 Å². The molecule has 1 fully saturated rings. The molecule has 2 aliphatic rings. The van der Waals surface area contributed by atoms with Crippen LogP contribution in [0.3, 0.4) is 0 Å². The van der Waals surface area contributed by atoms with Crippen molar-refractivity contribution in [3.8, 4) is 0 Å². The van der Waals surface area contributed by atoms with Crippen LogP contribution in [0, 0.1) is 0 Å². The lowest BCUT2D eigenvalue weighted by Crippen LogP contribution is -2.45. The Bertz CT molecular complexity index is 558. The molecule has 19 heavy (non-hydrogen) atoms. The van der Waals surface area contributed by atoms with Crippen LogP contribution in [0.2, 0.25) is 0 Å². The fourth-order valence-electron chi connectivity index (χ4n) is 2.53. The summed E-state index contributed by atoms with van der Waals surface area (Å²) in [5.41, 5.74) is 1.75. The number of nitrogens with zero attached hydrogens (tertiary/aromatic N) is 1. The molecule has 0 spiro atoms. The first-order valence-corrected chi connectivity index (χ1v) is 7.20. The van der Waals surface area contributed by atoms with Gasteiger partial charge in [-0.15, -0.1) is 18.3 Å². The van der Waals surface area contributed by atoms with Gasteiger partial charge in [-0.25, -0.2) is 0 Å². The van der Waals surface area contributed by atoms with Crippen LogP contribution in [0.4, 0.5) is 0 Å². The van der Waals surface area contributed by atoms with Gasteiger partial charge in [0.1, 0.15) is 11.4 Å². The van der Waals surface area contributed by atoms with E-state index in [1.165, 1.54) is 0 Å². The minimum absolute atomic E-state index is 0.0109. The standard InChI is InChI=1S/C14H14N2O2S/c1-2-7-15-12(17)11-8-19-14-10-6-4-3-5-9(10)13(18)16(11)14/h2-6,11,14H,1,7-8H2,(H,15,17)/t11-,14-/m1/s1. The highest BCUT2D eigenvalue weighted by atomic mass is 32.2. The van der Waals surface area contributed by atoms with E-state index in [-0.39, 0.29) is 23.2 Å². The molecule has 0 saturated carbocycles. The number of benzene rings is 1. The lowest BCUT2D eigenvalue weighted by atomic mass is 10.1. The third-order valence-corrected chi connectivity index (χ3v) is 4.72. The molecule has 0 radical (unpaired) electrons. The molecule has 1 aromatic carbocycles. The van der Waals surface area contributed by atoms with E-state index < -0.39 is 0 Å². The van der Waals surface area contributed by atoms with Crippen LogP contribution >= 0.6 is 11.8 Å². The molecule has 1 N–H and O–H groups in total. The van der Waals surface area contributed by atoms with Crippen LogP contribution in [-0.2, 0) is 4.79 Å². The Morgan fingerprint density at radius 3 is 3.11 bits per heavy atom. The average Bonchev–Trinajstić information content (AvgIpc) is 2.98. The molecule has 0 aliphatic carbocycles. The minimum atomic E-state index is -0.380. The number of fused-ring (bicyclic) bond motifs is 3. The fourth-order valence-corrected chi connectivity index (χ4v) is 4.00. The Hall–Kier alpha value is -1.75. The number of carbonyl (C=O) groups is 2. The van der Waals surface area contributed by atoms with Gasteiger partial charge < -0.3 is 10.2 Å². The van der Waals surface area contributed by atoms with Crippen molar-refractivity contribution in [1.82, 2.24) is 10.2 Å². The summed E-state index contributed by atoms with van der Waals surface area (Å²) in [6.07, 6.45) is 1.64. The van der Waals surface area contributed by atoms with Gasteiger partial charge in [0.2, 0.25) is 5.91 Å². The molecule has 0 bridgehead atoms. The molecule has 2 atom stereocenters. The van der Waals surface area contributed by atoms with Crippen molar-refractivity contribution in [2.24, 2.45) is 0 Å². The van der Waals surface area contributed by atoms with Crippen molar-refractivity contribution in [2.75, 3.05) is 12.3 Å². The van der Waals surface area contributed by atoms with Crippen molar-refractivity contribution in [1.29, 1.82) is 0 Å². The highest BCUT2D eigenvalue weighted by Gasteiger charge is 2.48. The summed E-state index contributed by atoms with van der Waals surface area (Å²) in [5.74, 6) is 0.508. The highest BCUT2D eigenvalue weighted by Crippen LogP contribution is 2.47. The first-order valence-electron chi connectivity index (χ1n) is 6.16. The van der Waals surface area contributed by atoms with Gasteiger partial charge in [0.25, 0.3) is 5.91 Å². The zero-order valence-electron chi connectivity index (χ0n) is 10.3. The van der Waals surface area contributed by atoms with Crippen molar-refractivity contribution in [2.45, 2.75) is 11.4 Å². The van der Waals surface area contributed by atoms with E-state index in [4.69, 9.17) is 0 Å². The predicted molar refractivity (Wildman–Crippen MR) is 74.8 cm³/mol. The van der Waals surface area contributed by atoms with E-state index in [0.717, 1.165) is 11.1 Å². The van der Waals surface area contributed by atoms with Crippen LogP contribution in [0.5, 0.6) is 0 Å².